The number of benzene rings is 2. The molecule has 4 heteroatoms. The van der Waals surface area contributed by atoms with Gasteiger partial charge in [0.05, 0.1) is 31.5 Å². The van der Waals surface area contributed by atoms with Crippen molar-refractivity contribution in [1.82, 2.24) is 9.97 Å². The quantitative estimate of drug-likeness (QED) is 0.445. The molecule has 0 saturated heterocycles. The Hall–Kier alpha value is -1.78. The molecule has 0 saturated carbocycles. The van der Waals surface area contributed by atoms with Crippen molar-refractivity contribution >= 4 is 43.1 Å². The van der Waals surface area contributed by atoms with Crippen LogP contribution in [0.3, 0.4) is 0 Å². The lowest BCUT2D eigenvalue weighted by Crippen LogP contribution is -1.69. The number of hydrogen-bond donors (Lipinski definition) is 0. The number of rotatable bonds is 0. The average Bonchev–Trinajstić information content (AvgIpc) is 3.06. The molecule has 2 heterocycles. The minimum atomic E-state index is 1.11. The first kappa shape index (κ1) is 13.2. The van der Waals surface area contributed by atoms with E-state index < -0.39 is 0 Å². The lowest BCUT2D eigenvalue weighted by Gasteiger charge is -1.88. The van der Waals surface area contributed by atoms with E-state index in [9.17, 15) is 0 Å². The second kappa shape index (κ2) is 5.69. The molecule has 0 spiro atoms. The van der Waals surface area contributed by atoms with Crippen LogP contribution < -0.4 is 0 Å². The fraction of sp³-hybridized carbons (Fsp3) is 0.125. The van der Waals surface area contributed by atoms with Crippen LogP contribution >= 0.6 is 22.7 Å². The molecule has 100 valence electrons. The van der Waals surface area contributed by atoms with E-state index >= 15 is 0 Å². The van der Waals surface area contributed by atoms with Gasteiger partial charge >= 0.3 is 0 Å². The maximum Gasteiger partial charge on any atom is 0.0814 e. The molecule has 0 N–H and O–H groups in total. The molecule has 2 nitrogen and oxygen atoms in total. The molecule has 0 unspecified atom stereocenters. The van der Waals surface area contributed by atoms with E-state index in [2.05, 4.69) is 60.2 Å². The smallest absolute Gasteiger partial charge is 0.0814 e. The Kier molecular flexibility index (Phi) is 3.76. The van der Waals surface area contributed by atoms with Crippen molar-refractivity contribution < 1.29 is 0 Å². The molecule has 0 atom stereocenters. The summed E-state index contributed by atoms with van der Waals surface area (Å²) >= 11 is 3.38. The van der Waals surface area contributed by atoms with Gasteiger partial charge in [0.25, 0.3) is 0 Å². The number of nitrogens with zero attached hydrogens (tertiary/aromatic N) is 2. The molecule has 0 aliphatic rings. The van der Waals surface area contributed by atoms with Crippen molar-refractivity contribution in [3.8, 4) is 0 Å². The van der Waals surface area contributed by atoms with Gasteiger partial charge in [-0.1, -0.05) is 12.1 Å². The Balaban J connectivity index is 0.000000121. The number of aryl methyl sites for hydroxylation is 2. The summed E-state index contributed by atoms with van der Waals surface area (Å²) < 4.78 is 2.55. The van der Waals surface area contributed by atoms with Gasteiger partial charge in [0.1, 0.15) is 0 Å². The highest BCUT2D eigenvalue weighted by Crippen LogP contribution is 2.18. The third-order valence-electron chi connectivity index (χ3n) is 2.97. The van der Waals surface area contributed by atoms with Crippen molar-refractivity contribution in [2.24, 2.45) is 0 Å². The van der Waals surface area contributed by atoms with Gasteiger partial charge < -0.3 is 0 Å². The summed E-state index contributed by atoms with van der Waals surface area (Å²) in [4.78, 5) is 8.38. The molecule has 0 fully saturated rings. The lowest BCUT2D eigenvalue weighted by atomic mass is 10.2. The summed E-state index contributed by atoms with van der Waals surface area (Å²) in [7, 11) is 0. The fourth-order valence-corrected chi connectivity index (χ4v) is 3.36. The summed E-state index contributed by atoms with van der Waals surface area (Å²) in [5, 5.41) is 0. The number of fused-ring (bicyclic) bond motifs is 2. The van der Waals surface area contributed by atoms with Crippen LogP contribution in [0.1, 0.15) is 11.1 Å². The van der Waals surface area contributed by atoms with E-state index in [0.29, 0.717) is 0 Å². The Morgan fingerprint density at radius 3 is 2.20 bits per heavy atom. The van der Waals surface area contributed by atoms with Gasteiger partial charge in [-0.3, -0.25) is 0 Å². The lowest BCUT2D eigenvalue weighted by molar-refractivity contribution is 1.45. The van der Waals surface area contributed by atoms with Crippen LogP contribution in [0.15, 0.2) is 47.4 Å². The molecule has 0 bridgehead atoms. The van der Waals surface area contributed by atoms with Crippen LogP contribution in [-0.2, 0) is 0 Å². The Bertz CT molecular complexity index is 774. The topological polar surface area (TPSA) is 25.8 Å². The van der Waals surface area contributed by atoms with Gasteiger partial charge in [-0.15, -0.1) is 22.7 Å². The van der Waals surface area contributed by atoms with Crippen molar-refractivity contribution in [2.45, 2.75) is 13.8 Å². The van der Waals surface area contributed by atoms with E-state index in [0.717, 1.165) is 11.0 Å². The maximum atomic E-state index is 4.20. The molecule has 2 aromatic carbocycles. The highest BCUT2D eigenvalue weighted by molar-refractivity contribution is 7.17. The van der Waals surface area contributed by atoms with E-state index in [-0.39, 0.29) is 0 Å². The molecule has 0 radical (unpaired) electrons. The van der Waals surface area contributed by atoms with E-state index in [1.165, 1.54) is 20.5 Å². The number of thiazole rings is 2. The third kappa shape index (κ3) is 2.86. The zero-order valence-corrected chi connectivity index (χ0v) is 13.0. The third-order valence-corrected chi connectivity index (χ3v) is 4.57. The molecule has 4 aromatic rings. The summed E-state index contributed by atoms with van der Waals surface area (Å²) in [6.45, 7) is 4.18. The van der Waals surface area contributed by atoms with Crippen molar-refractivity contribution in [1.29, 1.82) is 0 Å². The van der Waals surface area contributed by atoms with Crippen LogP contribution in [-0.4, -0.2) is 9.97 Å². The second-order valence-electron chi connectivity index (χ2n) is 4.65. The number of hydrogen-bond acceptors (Lipinski definition) is 4. The fourth-order valence-electron chi connectivity index (χ4n) is 1.93. The van der Waals surface area contributed by atoms with Gasteiger partial charge in [0, 0.05) is 0 Å². The van der Waals surface area contributed by atoms with Crippen molar-refractivity contribution in [3.63, 3.8) is 0 Å². The van der Waals surface area contributed by atoms with Crippen molar-refractivity contribution in [3.05, 3.63) is 58.5 Å². The summed E-state index contributed by atoms with van der Waals surface area (Å²) in [5.41, 5.74) is 8.56. The zero-order chi connectivity index (χ0) is 13.9. The zero-order valence-electron chi connectivity index (χ0n) is 11.3. The monoisotopic (exact) mass is 298 g/mol. The maximum absolute atomic E-state index is 4.20. The summed E-state index contributed by atoms with van der Waals surface area (Å²) in [6.07, 6.45) is 0. The predicted octanol–water partition coefficient (Wildman–Crippen LogP) is 5.21. The predicted molar refractivity (Wildman–Crippen MR) is 88.7 cm³/mol. The first-order chi connectivity index (χ1) is 9.72. The van der Waals surface area contributed by atoms with Gasteiger partial charge in [-0.25, -0.2) is 9.97 Å². The molecule has 0 aliphatic heterocycles. The number of aromatic nitrogens is 2. The van der Waals surface area contributed by atoms with Gasteiger partial charge in [-0.2, -0.15) is 0 Å². The van der Waals surface area contributed by atoms with Gasteiger partial charge in [-0.05, 0) is 49.2 Å². The van der Waals surface area contributed by atoms with Gasteiger partial charge in [0.2, 0.25) is 0 Å². The largest absolute Gasteiger partial charge is 0.245 e. The second-order valence-corrected chi connectivity index (χ2v) is 6.42. The Morgan fingerprint density at radius 1 is 0.700 bits per heavy atom. The standard InChI is InChI=1S/2C8H7NS/c1-6-2-3-8-7(4-6)9-5-10-8;1-6-2-3-7-8(4-6)10-5-9-7/h2*2-5H,1H3. The molecule has 0 amide bonds. The minimum Gasteiger partial charge on any atom is -0.245 e. The highest BCUT2D eigenvalue weighted by Gasteiger charge is 1.94. The Morgan fingerprint density at radius 2 is 1.35 bits per heavy atom. The first-order valence-electron chi connectivity index (χ1n) is 6.32. The van der Waals surface area contributed by atoms with Gasteiger partial charge in [0.15, 0.2) is 0 Å². The Labute approximate surface area is 125 Å². The van der Waals surface area contributed by atoms with Crippen LogP contribution in [0.25, 0.3) is 20.4 Å². The first-order valence-corrected chi connectivity index (χ1v) is 8.08. The molecule has 0 aliphatic carbocycles. The minimum absolute atomic E-state index is 1.11. The summed E-state index contributed by atoms with van der Waals surface area (Å²) in [5.74, 6) is 0. The van der Waals surface area contributed by atoms with Crippen LogP contribution in [0, 0.1) is 13.8 Å². The SMILES string of the molecule is Cc1ccc2ncsc2c1.Cc1ccc2scnc2c1. The molecule has 20 heavy (non-hydrogen) atoms. The van der Waals surface area contributed by atoms with Crippen molar-refractivity contribution in [2.75, 3.05) is 0 Å². The molecular weight excluding hydrogens is 284 g/mol. The normalized spacial score (nSPS) is 10.5. The highest BCUT2D eigenvalue weighted by atomic mass is 32.1. The van der Waals surface area contributed by atoms with E-state index in [1.54, 1.807) is 22.7 Å². The summed E-state index contributed by atoms with van der Waals surface area (Å²) in [6, 6.07) is 12.6. The van der Waals surface area contributed by atoms with E-state index in [1.807, 2.05) is 11.0 Å². The molecular formula is C16H14N2S2. The van der Waals surface area contributed by atoms with Crippen LogP contribution in [0.5, 0.6) is 0 Å². The molecule has 4 rings (SSSR count). The van der Waals surface area contributed by atoms with Crippen LogP contribution in [0.2, 0.25) is 0 Å². The van der Waals surface area contributed by atoms with Crippen LogP contribution in [0.4, 0.5) is 0 Å². The molecule has 2 aromatic heterocycles. The van der Waals surface area contributed by atoms with E-state index in [4.69, 9.17) is 0 Å². The average molecular weight is 298 g/mol.